The number of nitrogens with one attached hydrogen (secondary N) is 1. The standard InChI is InChI=1S/C23H26N6O5.ClH/c1-34-20(31)13-15-4-2-5-18(12-15)29-19(30)14-28(23(29)33)11-3-10-26-21(32)16-6-8-17(9-7-16)27-22(24)25;/h2,4-9,12H,3,10-11,13-14H2,1H3,(H,26,32)(H4,24,25,27);1H. The van der Waals surface area contributed by atoms with Crippen LogP contribution in [0.5, 0.6) is 0 Å². The highest BCUT2D eigenvalue weighted by Gasteiger charge is 2.36. The van der Waals surface area contributed by atoms with E-state index in [4.69, 9.17) is 11.5 Å². The summed E-state index contributed by atoms with van der Waals surface area (Å²) in [4.78, 5) is 55.5. The molecule has 1 aliphatic heterocycles. The number of aliphatic imine (C=N–C) groups is 1. The average Bonchev–Trinajstić information content (AvgIpc) is 3.09. The minimum absolute atomic E-state index is 0. The molecule has 1 aliphatic rings. The van der Waals surface area contributed by atoms with Gasteiger partial charge in [0.15, 0.2) is 5.96 Å². The van der Waals surface area contributed by atoms with Gasteiger partial charge < -0.3 is 26.4 Å². The molecule has 1 heterocycles. The molecule has 4 amide bonds. The maximum Gasteiger partial charge on any atom is 0.331 e. The van der Waals surface area contributed by atoms with Crippen molar-refractivity contribution in [3.8, 4) is 0 Å². The van der Waals surface area contributed by atoms with E-state index in [0.717, 1.165) is 4.90 Å². The Morgan fingerprint density at radius 1 is 1.11 bits per heavy atom. The summed E-state index contributed by atoms with van der Waals surface area (Å²) in [6.07, 6.45) is 0.508. The van der Waals surface area contributed by atoms with Crippen LogP contribution in [0.3, 0.4) is 0 Å². The predicted octanol–water partition coefficient (Wildman–Crippen LogP) is 1.32. The molecule has 0 atom stereocenters. The molecule has 5 N–H and O–H groups in total. The predicted molar refractivity (Wildman–Crippen MR) is 133 cm³/mol. The lowest BCUT2D eigenvalue weighted by molar-refractivity contribution is -0.139. The third kappa shape index (κ3) is 7.18. The van der Waals surface area contributed by atoms with Gasteiger partial charge in [-0.1, -0.05) is 12.1 Å². The summed E-state index contributed by atoms with van der Waals surface area (Å²) in [5, 5.41) is 2.78. The molecule has 2 aromatic carbocycles. The van der Waals surface area contributed by atoms with E-state index in [1.165, 1.54) is 12.0 Å². The smallest absolute Gasteiger partial charge is 0.331 e. The zero-order valence-corrected chi connectivity index (χ0v) is 19.9. The number of halogens is 1. The number of amides is 4. The molecule has 1 saturated heterocycles. The molecule has 0 spiro atoms. The zero-order chi connectivity index (χ0) is 24.7. The Balaban J connectivity index is 0.00000432. The molecule has 1 fully saturated rings. The molecule has 0 bridgehead atoms. The SMILES string of the molecule is COC(=O)Cc1cccc(N2C(=O)CN(CCCNC(=O)c3ccc(N=C(N)N)cc3)C2=O)c1.Cl. The van der Waals surface area contributed by atoms with Crippen LogP contribution in [0.2, 0.25) is 0 Å². The van der Waals surface area contributed by atoms with Crippen LogP contribution in [-0.4, -0.2) is 61.4 Å². The van der Waals surface area contributed by atoms with Gasteiger partial charge in [0.25, 0.3) is 11.8 Å². The first-order valence-corrected chi connectivity index (χ1v) is 10.5. The summed E-state index contributed by atoms with van der Waals surface area (Å²) < 4.78 is 4.66. The summed E-state index contributed by atoms with van der Waals surface area (Å²) in [7, 11) is 1.30. The fourth-order valence-corrected chi connectivity index (χ4v) is 3.43. The van der Waals surface area contributed by atoms with Crippen LogP contribution < -0.4 is 21.7 Å². The third-order valence-corrected chi connectivity index (χ3v) is 5.06. The van der Waals surface area contributed by atoms with Crippen molar-refractivity contribution in [1.82, 2.24) is 10.2 Å². The van der Waals surface area contributed by atoms with Crippen LogP contribution >= 0.6 is 12.4 Å². The van der Waals surface area contributed by atoms with Crippen LogP contribution in [0, 0.1) is 0 Å². The van der Waals surface area contributed by atoms with Gasteiger partial charge in [-0.15, -0.1) is 12.4 Å². The minimum Gasteiger partial charge on any atom is -0.469 e. The summed E-state index contributed by atoms with van der Waals surface area (Å²) in [5.74, 6) is -1.11. The topological polar surface area (TPSA) is 160 Å². The Hall–Kier alpha value is -4.12. The third-order valence-electron chi connectivity index (χ3n) is 5.06. The summed E-state index contributed by atoms with van der Waals surface area (Å²) in [5.41, 5.74) is 12.7. The van der Waals surface area contributed by atoms with Crippen LogP contribution in [-0.2, 0) is 20.7 Å². The minimum atomic E-state index is -0.443. The second-order valence-corrected chi connectivity index (χ2v) is 7.55. The number of benzene rings is 2. The Kier molecular flexibility index (Phi) is 9.59. The first-order valence-electron chi connectivity index (χ1n) is 10.5. The van der Waals surface area contributed by atoms with E-state index in [9.17, 15) is 19.2 Å². The highest BCUT2D eigenvalue weighted by Crippen LogP contribution is 2.23. The number of ether oxygens (including phenoxy) is 1. The van der Waals surface area contributed by atoms with E-state index in [0.29, 0.717) is 42.0 Å². The molecule has 12 heteroatoms. The molecule has 2 aromatic rings. The summed E-state index contributed by atoms with van der Waals surface area (Å²) in [6.45, 7) is 0.563. The maximum absolute atomic E-state index is 12.8. The van der Waals surface area contributed by atoms with Crippen molar-refractivity contribution in [3.63, 3.8) is 0 Å². The lowest BCUT2D eigenvalue weighted by Crippen LogP contribution is -2.35. The van der Waals surface area contributed by atoms with Gasteiger partial charge in [-0.25, -0.2) is 14.7 Å². The molecule has 0 radical (unpaired) electrons. The summed E-state index contributed by atoms with van der Waals surface area (Å²) >= 11 is 0. The number of hydrogen-bond acceptors (Lipinski definition) is 6. The van der Waals surface area contributed by atoms with E-state index < -0.39 is 12.0 Å². The number of imide groups is 1. The largest absolute Gasteiger partial charge is 0.469 e. The number of methoxy groups -OCH3 is 1. The van der Waals surface area contributed by atoms with Crippen LogP contribution in [0.15, 0.2) is 53.5 Å². The van der Waals surface area contributed by atoms with Crippen molar-refractivity contribution < 1.29 is 23.9 Å². The van der Waals surface area contributed by atoms with Gasteiger partial charge >= 0.3 is 12.0 Å². The molecule has 186 valence electrons. The maximum atomic E-state index is 12.8. The number of carbonyl (C=O) groups excluding carboxylic acids is 4. The monoisotopic (exact) mass is 502 g/mol. The van der Waals surface area contributed by atoms with E-state index in [-0.39, 0.29) is 43.1 Å². The number of urea groups is 1. The fraction of sp³-hybridized carbons (Fsp3) is 0.261. The van der Waals surface area contributed by atoms with Crippen LogP contribution in [0.4, 0.5) is 16.2 Å². The molecule has 35 heavy (non-hydrogen) atoms. The molecule has 11 nitrogen and oxygen atoms in total. The van der Waals surface area contributed by atoms with E-state index in [1.54, 1.807) is 48.5 Å². The normalized spacial score (nSPS) is 12.7. The average molecular weight is 503 g/mol. The number of esters is 1. The number of hydrogen-bond donors (Lipinski definition) is 3. The van der Waals surface area contributed by atoms with Crippen LogP contribution in [0.25, 0.3) is 0 Å². The second-order valence-electron chi connectivity index (χ2n) is 7.55. The van der Waals surface area contributed by atoms with E-state index >= 15 is 0 Å². The van der Waals surface area contributed by atoms with Gasteiger partial charge in [-0.3, -0.25) is 14.4 Å². The molecule has 0 saturated carbocycles. The number of carbonyl (C=O) groups is 4. The fourth-order valence-electron chi connectivity index (χ4n) is 3.43. The number of nitrogens with zero attached hydrogens (tertiary/aromatic N) is 3. The van der Waals surface area contributed by atoms with Gasteiger partial charge in [-0.2, -0.15) is 0 Å². The lowest BCUT2D eigenvalue weighted by atomic mass is 10.1. The first-order chi connectivity index (χ1) is 16.3. The Morgan fingerprint density at radius 3 is 2.49 bits per heavy atom. The molecule has 3 rings (SSSR count). The van der Waals surface area contributed by atoms with Crippen molar-refractivity contribution in [2.24, 2.45) is 16.5 Å². The molecular formula is C23H27ClN6O5. The van der Waals surface area contributed by atoms with Crippen molar-refractivity contribution in [3.05, 3.63) is 59.7 Å². The number of guanidine groups is 1. The molecule has 0 aliphatic carbocycles. The Bertz CT molecular complexity index is 1120. The first kappa shape index (κ1) is 27.1. The highest BCUT2D eigenvalue weighted by atomic mass is 35.5. The molecular weight excluding hydrogens is 476 g/mol. The molecule has 0 unspecified atom stereocenters. The van der Waals surface area contributed by atoms with E-state index in [2.05, 4.69) is 15.0 Å². The second kappa shape index (κ2) is 12.4. The van der Waals surface area contributed by atoms with Crippen LogP contribution in [0.1, 0.15) is 22.3 Å². The summed E-state index contributed by atoms with van der Waals surface area (Å²) in [6, 6.07) is 12.7. The number of nitrogens with two attached hydrogens (primary N) is 2. The van der Waals surface area contributed by atoms with E-state index in [1.807, 2.05) is 0 Å². The highest BCUT2D eigenvalue weighted by molar-refractivity contribution is 6.19. The van der Waals surface area contributed by atoms with Gasteiger partial charge in [0.05, 0.1) is 24.9 Å². The van der Waals surface area contributed by atoms with Gasteiger partial charge in [-0.05, 0) is 48.4 Å². The molecule has 0 aromatic heterocycles. The quantitative estimate of drug-likeness (QED) is 0.153. The van der Waals surface area contributed by atoms with Crippen molar-refractivity contribution >= 4 is 53.6 Å². The van der Waals surface area contributed by atoms with Gasteiger partial charge in [0, 0.05) is 18.7 Å². The van der Waals surface area contributed by atoms with Gasteiger partial charge in [0.1, 0.15) is 6.54 Å². The van der Waals surface area contributed by atoms with Crippen molar-refractivity contribution in [2.45, 2.75) is 12.8 Å². The van der Waals surface area contributed by atoms with Crippen molar-refractivity contribution in [1.29, 1.82) is 0 Å². The lowest BCUT2D eigenvalue weighted by Gasteiger charge is -2.17. The zero-order valence-electron chi connectivity index (χ0n) is 19.1. The number of rotatable bonds is 9. The number of anilines is 1. The Morgan fingerprint density at radius 2 is 1.83 bits per heavy atom. The van der Waals surface area contributed by atoms with Gasteiger partial charge in [0.2, 0.25) is 0 Å². The van der Waals surface area contributed by atoms with Crippen molar-refractivity contribution in [2.75, 3.05) is 31.6 Å². The Labute approximate surface area is 208 Å².